The van der Waals surface area contributed by atoms with Crippen LogP contribution < -0.4 is 5.32 Å². The Morgan fingerprint density at radius 3 is 2.63 bits per heavy atom. The highest BCUT2D eigenvalue weighted by atomic mass is 35.5. The van der Waals surface area contributed by atoms with Crippen LogP contribution in [0.15, 0.2) is 53.7 Å². The van der Waals surface area contributed by atoms with Crippen molar-refractivity contribution < 1.29 is 4.79 Å². The van der Waals surface area contributed by atoms with Crippen molar-refractivity contribution in [1.29, 1.82) is 0 Å². The molecule has 2 rings (SSSR count). The summed E-state index contributed by atoms with van der Waals surface area (Å²) in [7, 11) is 0. The highest BCUT2D eigenvalue weighted by Crippen LogP contribution is 2.22. The molecule has 0 fully saturated rings. The van der Waals surface area contributed by atoms with Gasteiger partial charge in [0, 0.05) is 16.9 Å². The number of amides is 1. The molecule has 1 heterocycles. The van der Waals surface area contributed by atoms with Crippen molar-refractivity contribution in [2.75, 3.05) is 5.32 Å². The molecule has 0 radical (unpaired) electrons. The number of anilines is 1. The Labute approximate surface area is 121 Å². The zero-order valence-electron chi connectivity index (χ0n) is 10.3. The molecule has 1 aromatic carbocycles. The monoisotopic (exact) mass is 292 g/mol. The number of nitrogens with one attached hydrogen (secondary N) is 1. The molecular formula is C14H13ClN2OS. The number of nitrogens with zero attached hydrogens (tertiary/aromatic N) is 1. The molecule has 1 amide bonds. The van der Waals surface area contributed by atoms with Gasteiger partial charge in [-0.15, -0.1) is 0 Å². The molecule has 0 aliphatic heterocycles. The molecule has 98 valence electrons. The summed E-state index contributed by atoms with van der Waals surface area (Å²) >= 11 is 7.22. The van der Waals surface area contributed by atoms with Gasteiger partial charge in [-0.25, -0.2) is 4.98 Å². The molecule has 0 saturated carbocycles. The molecule has 5 heteroatoms. The van der Waals surface area contributed by atoms with Crippen LogP contribution in [0.25, 0.3) is 0 Å². The normalized spacial score (nSPS) is 11.9. The van der Waals surface area contributed by atoms with E-state index >= 15 is 0 Å². The van der Waals surface area contributed by atoms with Gasteiger partial charge in [-0.05, 0) is 43.3 Å². The average molecular weight is 293 g/mol. The number of pyridine rings is 1. The van der Waals surface area contributed by atoms with Gasteiger partial charge in [-0.1, -0.05) is 29.4 Å². The van der Waals surface area contributed by atoms with E-state index in [4.69, 9.17) is 11.6 Å². The molecule has 1 unspecified atom stereocenters. The van der Waals surface area contributed by atoms with Crippen molar-refractivity contribution in [2.24, 2.45) is 0 Å². The predicted molar refractivity (Wildman–Crippen MR) is 79.6 cm³/mol. The van der Waals surface area contributed by atoms with Crippen molar-refractivity contribution in [3.05, 3.63) is 53.7 Å². The van der Waals surface area contributed by atoms with Crippen LogP contribution in [0.5, 0.6) is 0 Å². The van der Waals surface area contributed by atoms with Gasteiger partial charge in [0.05, 0.1) is 10.3 Å². The van der Waals surface area contributed by atoms with Crippen LogP contribution in [0.1, 0.15) is 6.92 Å². The van der Waals surface area contributed by atoms with Gasteiger partial charge in [0.1, 0.15) is 0 Å². The van der Waals surface area contributed by atoms with Crippen molar-refractivity contribution >= 4 is 35.0 Å². The summed E-state index contributed by atoms with van der Waals surface area (Å²) in [6, 6.07) is 12.7. The minimum Gasteiger partial charge on any atom is -0.325 e. The topological polar surface area (TPSA) is 42.0 Å². The average Bonchev–Trinajstić information content (AvgIpc) is 2.42. The number of thioether (sulfide) groups is 1. The molecule has 0 spiro atoms. The van der Waals surface area contributed by atoms with Crippen molar-refractivity contribution in [3.63, 3.8) is 0 Å². The highest BCUT2D eigenvalue weighted by molar-refractivity contribution is 8.00. The number of rotatable bonds is 4. The Morgan fingerprint density at radius 1 is 1.26 bits per heavy atom. The Balaban J connectivity index is 1.94. The molecule has 2 aromatic rings. The first-order valence-corrected chi connectivity index (χ1v) is 7.05. The maximum Gasteiger partial charge on any atom is 0.237 e. The Bertz CT molecular complexity index is 545. The van der Waals surface area contributed by atoms with E-state index in [0.29, 0.717) is 5.02 Å². The van der Waals surface area contributed by atoms with Crippen LogP contribution in [0.3, 0.4) is 0 Å². The van der Waals surface area contributed by atoms with Crippen LogP contribution in [0.4, 0.5) is 5.69 Å². The van der Waals surface area contributed by atoms with Gasteiger partial charge in [0.25, 0.3) is 0 Å². The summed E-state index contributed by atoms with van der Waals surface area (Å²) in [5.74, 6) is -0.0574. The Hall–Kier alpha value is -1.52. The molecule has 0 aliphatic rings. The first-order valence-electron chi connectivity index (χ1n) is 5.79. The SMILES string of the molecule is CC(Sc1ccccn1)C(=O)Nc1ccc(Cl)cc1. The second kappa shape index (κ2) is 6.59. The van der Waals surface area contributed by atoms with Crippen LogP contribution in [-0.4, -0.2) is 16.1 Å². The fraction of sp³-hybridized carbons (Fsp3) is 0.143. The van der Waals surface area contributed by atoms with E-state index in [-0.39, 0.29) is 11.2 Å². The first kappa shape index (κ1) is 13.9. The maximum atomic E-state index is 12.0. The number of aromatic nitrogens is 1. The fourth-order valence-corrected chi connectivity index (χ4v) is 2.36. The van der Waals surface area contributed by atoms with Crippen LogP contribution in [0.2, 0.25) is 5.02 Å². The fourth-order valence-electron chi connectivity index (χ4n) is 1.43. The molecule has 0 bridgehead atoms. The quantitative estimate of drug-likeness (QED) is 0.870. The molecule has 3 nitrogen and oxygen atoms in total. The number of benzene rings is 1. The van der Waals surface area contributed by atoms with Crippen LogP contribution in [0, 0.1) is 0 Å². The van der Waals surface area contributed by atoms with E-state index in [1.54, 1.807) is 30.5 Å². The first-order chi connectivity index (χ1) is 9.15. The summed E-state index contributed by atoms with van der Waals surface area (Å²) in [5.41, 5.74) is 0.739. The summed E-state index contributed by atoms with van der Waals surface area (Å²) in [5, 5.41) is 4.11. The van der Waals surface area contributed by atoms with Gasteiger partial charge in [0.2, 0.25) is 5.91 Å². The third-order valence-corrected chi connectivity index (χ3v) is 3.72. The Kier molecular flexibility index (Phi) is 4.82. The summed E-state index contributed by atoms with van der Waals surface area (Å²) in [6.07, 6.45) is 1.71. The van der Waals surface area contributed by atoms with E-state index in [1.165, 1.54) is 11.8 Å². The van der Waals surface area contributed by atoms with E-state index in [1.807, 2.05) is 25.1 Å². The van der Waals surface area contributed by atoms with Crippen molar-refractivity contribution in [2.45, 2.75) is 17.2 Å². The lowest BCUT2D eigenvalue weighted by atomic mass is 10.3. The maximum absolute atomic E-state index is 12.0. The van der Waals surface area contributed by atoms with E-state index < -0.39 is 0 Å². The predicted octanol–water partition coefficient (Wildman–Crippen LogP) is 3.85. The standard InChI is InChI=1S/C14H13ClN2OS/c1-10(19-13-4-2-3-9-16-13)14(18)17-12-7-5-11(15)6-8-12/h2-10H,1H3,(H,17,18). The van der Waals surface area contributed by atoms with Gasteiger partial charge >= 0.3 is 0 Å². The molecule has 0 saturated heterocycles. The number of halogens is 1. The number of carbonyl (C=O) groups excluding carboxylic acids is 1. The lowest BCUT2D eigenvalue weighted by Gasteiger charge is -2.11. The zero-order valence-corrected chi connectivity index (χ0v) is 11.9. The number of carbonyl (C=O) groups is 1. The largest absolute Gasteiger partial charge is 0.325 e. The summed E-state index contributed by atoms with van der Waals surface area (Å²) in [6.45, 7) is 1.85. The van der Waals surface area contributed by atoms with E-state index in [0.717, 1.165) is 10.7 Å². The number of hydrogen-bond acceptors (Lipinski definition) is 3. The second-order valence-corrected chi connectivity index (χ2v) is 5.72. The van der Waals surface area contributed by atoms with Gasteiger partial charge in [-0.3, -0.25) is 4.79 Å². The molecule has 19 heavy (non-hydrogen) atoms. The number of hydrogen-bond donors (Lipinski definition) is 1. The zero-order chi connectivity index (χ0) is 13.7. The van der Waals surface area contributed by atoms with Crippen LogP contribution in [-0.2, 0) is 4.79 Å². The molecular weight excluding hydrogens is 280 g/mol. The molecule has 1 N–H and O–H groups in total. The van der Waals surface area contributed by atoms with Crippen molar-refractivity contribution in [1.82, 2.24) is 4.98 Å². The Morgan fingerprint density at radius 2 is 2.00 bits per heavy atom. The minimum absolute atomic E-state index is 0.0574. The molecule has 1 atom stereocenters. The van der Waals surface area contributed by atoms with Gasteiger partial charge in [-0.2, -0.15) is 0 Å². The van der Waals surface area contributed by atoms with E-state index in [2.05, 4.69) is 10.3 Å². The summed E-state index contributed by atoms with van der Waals surface area (Å²) in [4.78, 5) is 16.2. The minimum atomic E-state index is -0.217. The lowest BCUT2D eigenvalue weighted by molar-refractivity contribution is -0.115. The highest BCUT2D eigenvalue weighted by Gasteiger charge is 2.14. The summed E-state index contributed by atoms with van der Waals surface area (Å²) < 4.78 is 0. The van der Waals surface area contributed by atoms with Gasteiger partial charge in [0.15, 0.2) is 0 Å². The third kappa shape index (κ3) is 4.26. The van der Waals surface area contributed by atoms with Crippen LogP contribution >= 0.6 is 23.4 Å². The molecule has 1 aromatic heterocycles. The van der Waals surface area contributed by atoms with Gasteiger partial charge < -0.3 is 5.32 Å². The third-order valence-electron chi connectivity index (χ3n) is 2.42. The molecule has 0 aliphatic carbocycles. The second-order valence-electron chi connectivity index (χ2n) is 3.92. The van der Waals surface area contributed by atoms with E-state index in [9.17, 15) is 4.79 Å². The lowest BCUT2D eigenvalue weighted by Crippen LogP contribution is -2.22. The van der Waals surface area contributed by atoms with Crippen molar-refractivity contribution in [3.8, 4) is 0 Å². The smallest absolute Gasteiger partial charge is 0.237 e.